The van der Waals surface area contributed by atoms with E-state index in [9.17, 15) is 19.8 Å². The molecule has 67 heavy (non-hydrogen) atoms. The maximum absolute atomic E-state index is 13.2. The molecule has 1 aliphatic carbocycles. The van der Waals surface area contributed by atoms with Crippen molar-refractivity contribution in [3.8, 4) is 16.9 Å². The fourth-order valence-corrected chi connectivity index (χ4v) is 9.97. The van der Waals surface area contributed by atoms with Crippen molar-refractivity contribution < 1.29 is 29.3 Å². The zero-order valence-electron chi connectivity index (χ0n) is 40.0. The topological polar surface area (TPSA) is 144 Å². The summed E-state index contributed by atoms with van der Waals surface area (Å²) in [5, 5.41) is 34.5. The number of likely N-dealkylation sites (N-methyl/N-ethyl adjacent to an activating group) is 1. The Morgan fingerprint density at radius 2 is 1.66 bits per heavy atom. The van der Waals surface area contributed by atoms with E-state index >= 15 is 0 Å². The summed E-state index contributed by atoms with van der Waals surface area (Å²) in [5.41, 5.74) is 6.87. The van der Waals surface area contributed by atoms with Crippen LogP contribution in [0.1, 0.15) is 109 Å². The molecule has 3 aliphatic rings. The normalized spacial score (nSPS) is 21.9. The Labute approximate surface area is 399 Å². The second kappa shape index (κ2) is 21.7. The Morgan fingerprint density at radius 1 is 0.955 bits per heavy atom. The summed E-state index contributed by atoms with van der Waals surface area (Å²) in [4.78, 5) is 28.1. The monoisotopic (exact) mass is 914 g/mol. The molecule has 11 nitrogen and oxygen atoms in total. The molecule has 4 aromatic rings. The van der Waals surface area contributed by atoms with E-state index in [0.717, 1.165) is 54.6 Å². The van der Waals surface area contributed by atoms with Crippen molar-refractivity contribution in [2.24, 2.45) is 11.8 Å². The van der Waals surface area contributed by atoms with Gasteiger partial charge in [-0.1, -0.05) is 120 Å². The number of hydrogen-bond donors (Lipinski definition) is 6. The minimum Gasteiger partial charge on any atom is -0.506 e. The summed E-state index contributed by atoms with van der Waals surface area (Å²) in [6.07, 6.45) is 6.43. The lowest BCUT2D eigenvalue weighted by molar-refractivity contribution is -0.133. The van der Waals surface area contributed by atoms with Gasteiger partial charge in [0.1, 0.15) is 11.9 Å². The number of carbonyl (C=O) groups excluding carboxylic acids is 2. The maximum Gasteiger partial charge on any atom is 0.411 e. The molecule has 0 spiro atoms. The number of anilines is 2. The van der Waals surface area contributed by atoms with Crippen molar-refractivity contribution in [2.45, 2.75) is 116 Å². The lowest BCUT2D eigenvalue weighted by Crippen LogP contribution is -2.49. The van der Waals surface area contributed by atoms with Crippen LogP contribution in [0.4, 0.5) is 16.2 Å². The van der Waals surface area contributed by atoms with Gasteiger partial charge < -0.3 is 40.5 Å². The van der Waals surface area contributed by atoms with Gasteiger partial charge in [0.25, 0.3) is 0 Å². The molecule has 1 saturated carbocycles. The molecule has 6 atom stereocenters. The van der Waals surface area contributed by atoms with Crippen molar-refractivity contribution in [3.05, 3.63) is 132 Å². The number of carbonyl (C=O) groups is 2. The Hall–Kier alpha value is -5.46. The summed E-state index contributed by atoms with van der Waals surface area (Å²) < 4.78 is 12.6. The number of fused-ring (bicyclic) bond motifs is 2. The maximum atomic E-state index is 13.2. The number of para-hydroxylation sites is 1. The number of benzene rings is 4. The summed E-state index contributed by atoms with van der Waals surface area (Å²) >= 11 is 0. The van der Waals surface area contributed by atoms with Crippen LogP contribution in [0, 0.1) is 11.8 Å². The number of aliphatic hydroxyl groups is 1. The minimum atomic E-state index is -0.799. The summed E-state index contributed by atoms with van der Waals surface area (Å²) in [6.45, 7) is 19.7. The summed E-state index contributed by atoms with van der Waals surface area (Å²) in [5.74, 6) is 1.02. The van der Waals surface area contributed by atoms with E-state index in [0.29, 0.717) is 55.0 Å². The first-order valence-corrected chi connectivity index (χ1v) is 23.7. The minimum absolute atomic E-state index is 0. The van der Waals surface area contributed by atoms with Gasteiger partial charge in [0.05, 0.1) is 36.1 Å². The van der Waals surface area contributed by atoms with E-state index in [2.05, 4.69) is 93.7 Å². The van der Waals surface area contributed by atoms with Crippen molar-refractivity contribution >= 4 is 29.5 Å². The molecule has 0 radical (unpaired) electrons. The quantitative estimate of drug-likeness (QED) is 0.0478. The molecule has 2 heterocycles. The van der Waals surface area contributed by atoms with Gasteiger partial charge in [0.15, 0.2) is 0 Å². The largest absolute Gasteiger partial charge is 0.506 e. The fraction of sp³-hybridized carbons (Fsp3) is 0.464. The van der Waals surface area contributed by atoms with Crippen LogP contribution in [-0.4, -0.2) is 84.7 Å². The highest BCUT2D eigenvalue weighted by Crippen LogP contribution is 2.45. The van der Waals surface area contributed by atoms with E-state index in [1.54, 1.807) is 24.1 Å². The number of phenolic OH excluding ortho intramolecular Hbond substituents is 1. The van der Waals surface area contributed by atoms with Crippen LogP contribution >= 0.6 is 0 Å². The lowest BCUT2D eigenvalue weighted by atomic mass is 9.68. The molecular weight excluding hydrogens is 839 g/mol. The fourth-order valence-electron chi connectivity index (χ4n) is 9.97. The highest BCUT2D eigenvalue weighted by atomic mass is 16.6. The number of phenols is 1. The number of ether oxygens (including phenoxy) is 2. The number of aliphatic hydroxyl groups excluding tert-OH is 1. The van der Waals surface area contributed by atoms with Crippen molar-refractivity contribution in [2.75, 3.05) is 50.5 Å². The number of rotatable bonds is 16. The second-order valence-electron chi connectivity index (χ2n) is 19.9. The Bertz CT molecular complexity index is 2360. The predicted molar refractivity (Wildman–Crippen MR) is 272 cm³/mol. The van der Waals surface area contributed by atoms with Crippen LogP contribution in [0.2, 0.25) is 0 Å². The van der Waals surface area contributed by atoms with Crippen LogP contribution in [0.25, 0.3) is 17.2 Å². The van der Waals surface area contributed by atoms with Gasteiger partial charge in [0, 0.05) is 60.4 Å². The van der Waals surface area contributed by atoms with E-state index in [1.165, 1.54) is 11.1 Å². The molecule has 2 fully saturated rings. The molecule has 2 aliphatic heterocycles. The second-order valence-corrected chi connectivity index (χ2v) is 19.9. The van der Waals surface area contributed by atoms with E-state index in [4.69, 9.17) is 9.47 Å². The van der Waals surface area contributed by atoms with Crippen LogP contribution < -0.4 is 21.3 Å². The molecule has 7 rings (SSSR count). The number of amides is 2. The van der Waals surface area contributed by atoms with Gasteiger partial charge in [-0.2, -0.15) is 0 Å². The van der Waals surface area contributed by atoms with Gasteiger partial charge in [-0.15, -0.1) is 0 Å². The van der Waals surface area contributed by atoms with Gasteiger partial charge in [-0.25, -0.2) is 4.79 Å². The smallest absolute Gasteiger partial charge is 0.411 e. The SMILES string of the molecule is C.C=C1C=Cc2c(C(O)CNCCN(C)C(=O)CCOC(C)(C)C(C)(C)c3ccc(C4(C)CCC5CC(OC(=O)Nc6ccccc6-c6ccccc6)CC5CNC4C)cc3)ccc(O)c2N1. The van der Waals surface area contributed by atoms with Crippen LogP contribution in [0.3, 0.4) is 0 Å². The standard InChI is InChI=1S/C55H71N5O6.CH4/c1-36-18-23-46-45(24-25-48(61)51(46)58-36)49(62)35-56-29-30-60(8)50(63)27-31-65-54(5,6)53(3,4)41-19-21-42(22-20-41)55(7)28-26-39-32-43(33-40(39)34-57-37(55)2)66-52(64)59-47-17-13-12-16-44(47)38-14-10-9-11-15-38;/h9-25,37,39-40,43,49,56-58,61-62H,1,26-35H2,2-8H3,(H,59,64);1H4. The average molecular weight is 914 g/mol. The first-order valence-electron chi connectivity index (χ1n) is 23.7. The van der Waals surface area contributed by atoms with E-state index in [1.807, 2.05) is 66.7 Å². The number of allylic oxidation sites excluding steroid dienone is 1. The summed E-state index contributed by atoms with van der Waals surface area (Å²) in [6, 6.07) is 30.5. The van der Waals surface area contributed by atoms with Crippen molar-refractivity contribution in [1.82, 2.24) is 15.5 Å². The molecule has 360 valence electrons. The molecule has 2 amide bonds. The van der Waals surface area contributed by atoms with Gasteiger partial charge in [-0.3, -0.25) is 10.1 Å². The number of nitrogens with zero attached hydrogens (tertiary/aromatic N) is 1. The zero-order chi connectivity index (χ0) is 47.2. The number of aromatic hydroxyl groups is 1. The Balaban J connectivity index is 0.00000741. The van der Waals surface area contributed by atoms with E-state index < -0.39 is 17.8 Å². The highest BCUT2D eigenvalue weighted by Gasteiger charge is 2.43. The first-order chi connectivity index (χ1) is 31.5. The zero-order valence-corrected chi connectivity index (χ0v) is 40.0. The van der Waals surface area contributed by atoms with Crippen LogP contribution in [0.15, 0.2) is 109 Å². The van der Waals surface area contributed by atoms with Gasteiger partial charge >= 0.3 is 6.09 Å². The third-order valence-corrected chi connectivity index (χ3v) is 15.3. The first kappa shape index (κ1) is 50.9. The highest BCUT2D eigenvalue weighted by molar-refractivity contribution is 5.91. The molecule has 11 heteroatoms. The van der Waals surface area contributed by atoms with Crippen molar-refractivity contribution in [3.63, 3.8) is 0 Å². The average Bonchev–Trinajstić information content (AvgIpc) is 3.68. The lowest BCUT2D eigenvalue weighted by Gasteiger charge is -2.43. The predicted octanol–water partition coefficient (Wildman–Crippen LogP) is 10.6. The molecule has 4 aromatic carbocycles. The molecule has 0 bridgehead atoms. The molecule has 6 unspecified atom stereocenters. The van der Waals surface area contributed by atoms with Crippen molar-refractivity contribution in [1.29, 1.82) is 0 Å². The van der Waals surface area contributed by atoms with E-state index in [-0.39, 0.29) is 48.5 Å². The third kappa shape index (κ3) is 11.6. The molecule has 0 aromatic heterocycles. The molecule has 1 saturated heterocycles. The summed E-state index contributed by atoms with van der Waals surface area (Å²) in [7, 11) is 1.79. The van der Waals surface area contributed by atoms with Gasteiger partial charge in [0.2, 0.25) is 5.91 Å². The van der Waals surface area contributed by atoms with Gasteiger partial charge in [-0.05, 0) is 105 Å². The van der Waals surface area contributed by atoms with Crippen LogP contribution in [0.5, 0.6) is 5.75 Å². The molecule has 6 N–H and O–H groups in total. The number of hydrogen-bond acceptors (Lipinski definition) is 9. The number of nitrogens with one attached hydrogen (secondary N) is 4. The Kier molecular flexibility index (Phi) is 16.5. The van der Waals surface area contributed by atoms with Crippen LogP contribution in [-0.2, 0) is 25.1 Å². The molecular formula is C56H75N5O6. The third-order valence-electron chi connectivity index (χ3n) is 15.3. The Morgan fingerprint density at radius 3 is 2.40 bits per heavy atom.